The quantitative estimate of drug-likeness (QED) is 0.780. The summed E-state index contributed by atoms with van der Waals surface area (Å²) in [5, 5.41) is 13.2. The number of carbonyl (C=O) groups excluding carboxylic acids is 1. The van der Waals surface area contributed by atoms with Crippen LogP contribution in [0.25, 0.3) is 0 Å². The number of benzene rings is 1. The summed E-state index contributed by atoms with van der Waals surface area (Å²) in [6.45, 7) is 1.84. The molecule has 0 saturated heterocycles. The number of hydrogen-bond acceptors (Lipinski definition) is 4. The highest BCUT2D eigenvalue weighted by molar-refractivity contribution is 7.12. The zero-order valence-electron chi connectivity index (χ0n) is 11.3. The van der Waals surface area contributed by atoms with Crippen LogP contribution in [0.4, 0.5) is 5.69 Å². The second kappa shape index (κ2) is 7.00. The third-order valence-corrected chi connectivity index (χ3v) is 3.91. The highest BCUT2D eigenvalue weighted by Crippen LogP contribution is 2.34. The zero-order valence-corrected chi connectivity index (χ0v) is 13.6. The van der Waals surface area contributed by atoms with Gasteiger partial charge in [-0.25, -0.2) is 4.79 Å². The van der Waals surface area contributed by atoms with E-state index in [9.17, 15) is 9.59 Å². The summed E-state index contributed by atoms with van der Waals surface area (Å²) in [7, 11) is 0. The molecule has 0 aliphatic rings. The molecule has 1 aromatic heterocycles. The first-order valence-electron chi connectivity index (χ1n) is 6.07. The normalized spacial score (nSPS) is 10.5. The number of alkyl halides is 2. The molecule has 2 rings (SSSR count). The van der Waals surface area contributed by atoms with Crippen LogP contribution < -0.4 is 10.1 Å². The summed E-state index contributed by atoms with van der Waals surface area (Å²) in [5.41, 5.74) is 1.24. The average Bonchev–Trinajstić information content (AvgIpc) is 2.90. The molecule has 2 aromatic rings. The summed E-state index contributed by atoms with van der Waals surface area (Å²) in [6, 6.07) is 6.63. The molecule has 0 fully saturated rings. The molecular formula is C14H11Cl2NO4S. The average molecular weight is 360 g/mol. The second-order valence-corrected chi connectivity index (χ2v) is 6.32. The molecule has 1 heterocycles. The van der Waals surface area contributed by atoms with E-state index in [1.54, 1.807) is 29.6 Å². The Kier molecular flexibility index (Phi) is 5.28. The lowest BCUT2D eigenvalue weighted by atomic mass is 10.2. The minimum Gasteiger partial charge on any atom is -0.477 e. The first-order chi connectivity index (χ1) is 10.4. The molecule has 2 N–H and O–H groups in total. The van der Waals surface area contributed by atoms with Gasteiger partial charge < -0.3 is 15.2 Å². The van der Waals surface area contributed by atoms with Gasteiger partial charge in [0.25, 0.3) is 5.91 Å². The number of amides is 1. The Morgan fingerprint density at radius 1 is 1.27 bits per heavy atom. The molecule has 0 atom stereocenters. The Balaban J connectivity index is 2.32. The van der Waals surface area contributed by atoms with E-state index in [1.807, 2.05) is 6.92 Å². The Bertz CT molecular complexity index is 715. The van der Waals surface area contributed by atoms with Crippen LogP contribution in [0, 0.1) is 6.92 Å². The molecule has 22 heavy (non-hydrogen) atoms. The largest absolute Gasteiger partial charge is 0.477 e. The lowest BCUT2D eigenvalue weighted by Crippen LogP contribution is -2.19. The standard InChI is InChI=1S/C14H11Cl2NO4S/c1-7-2-3-9(8(6-7)17-13(18)12(15)16)21-10-4-5-22-11(10)14(19)20/h2-6,12H,1H3,(H,17,18)(H,19,20). The third kappa shape index (κ3) is 3.91. The van der Waals surface area contributed by atoms with Crippen LogP contribution in [-0.4, -0.2) is 21.8 Å². The van der Waals surface area contributed by atoms with Crippen molar-refractivity contribution in [1.29, 1.82) is 0 Å². The number of ether oxygens (including phenoxy) is 1. The number of halogens is 2. The molecular weight excluding hydrogens is 349 g/mol. The lowest BCUT2D eigenvalue weighted by molar-refractivity contribution is -0.114. The summed E-state index contributed by atoms with van der Waals surface area (Å²) in [5.74, 6) is -1.18. The van der Waals surface area contributed by atoms with Gasteiger partial charge in [-0.15, -0.1) is 11.3 Å². The summed E-state index contributed by atoms with van der Waals surface area (Å²) in [6.07, 6.45) is 0. The number of aromatic carboxylic acids is 1. The molecule has 0 radical (unpaired) electrons. The van der Waals surface area contributed by atoms with Crippen molar-refractivity contribution in [3.05, 3.63) is 40.1 Å². The minimum atomic E-state index is -1.22. The van der Waals surface area contributed by atoms with Crippen molar-refractivity contribution >= 4 is 52.1 Å². The van der Waals surface area contributed by atoms with Gasteiger partial charge in [-0.05, 0) is 36.1 Å². The second-order valence-electron chi connectivity index (χ2n) is 4.31. The number of aryl methyl sites for hydroxylation is 1. The van der Waals surface area contributed by atoms with Gasteiger partial charge in [-0.2, -0.15) is 0 Å². The van der Waals surface area contributed by atoms with E-state index in [4.69, 9.17) is 33.0 Å². The highest BCUT2D eigenvalue weighted by Gasteiger charge is 2.18. The predicted octanol–water partition coefficient (Wildman–Crippen LogP) is 4.29. The molecule has 5 nitrogen and oxygen atoms in total. The van der Waals surface area contributed by atoms with Gasteiger partial charge in [0.15, 0.2) is 21.2 Å². The number of hydrogen-bond donors (Lipinski definition) is 2. The number of rotatable bonds is 5. The predicted molar refractivity (Wildman–Crippen MR) is 86.7 cm³/mol. The molecule has 8 heteroatoms. The maximum Gasteiger partial charge on any atom is 0.349 e. The maximum atomic E-state index is 11.6. The van der Waals surface area contributed by atoms with Gasteiger partial charge in [0.1, 0.15) is 0 Å². The van der Waals surface area contributed by atoms with Crippen LogP contribution in [0.5, 0.6) is 11.5 Å². The molecule has 0 saturated carbocycles. The SMILES string of the molecule is Cc1ccc(Oc2ccsc2C(=O)O)c(NC(=O)C(Cl)Cl)c1. The van der Waals surface area contributed by atoms with Crippen molar-refractivity contribution in [2.45, 2.75) is 11.8 Å². The number of carboxylic acids is 1. The fourth-order valence-corrected chi connectivity index (χ4v) is 2.43. The van der Waals surface area contributed by atoms with E-state index in [0.29, 0.717) is 11.4 Å². The molecule has 116 valence electrons. The van der Waals surface area contributed by atoms with Crippen LogP contribution in [0.3, 0.4) is 0 Å². The van der Waals surface area contributed by atoms with Crippen molar-refractivity contribution in [1.82, 2.24) is 0 Å². The van der Waals surface area contributed by atoms with Gasteiger partial charge in [0.2, 0.25) is 0 Å². The van der Waals surface area contributed by atoms with Crippen LogP contribution in [0.1, 0.15) is 15.2 Å². The zero-order chi connectivity index (χ0) is 16.3. The van der Waals surface area contributed by atoms with Crippen molar-refractivity contribution in [2.75, 3.05) is 5.32 Å². The smallest absolute Gasteiger partial charge is 0.349 e. The van der Waals surface area contributed by atoms with E-state index < -0.39 is 16.7 Å². The first-order valence-corrected chi connectivity index (χ1v) is 7.82. The Morgan fingerprint density at radius 2 is 2.00 bits per heavy atom. The molecule has 1 amide bonds. The number of thiophene rings is 1. The van der Waals surface area contributed by atoms with Gasteiger partial charge >= 0.3 is 5.97 Å². The Hall–Kier alpha value is -1.76. The molecule has 0 unspecified atom stereocenters. The van der Waals surface area contributed by atoms with Crippen LogP contribution in [-0.2, 0) is 4.79 Å². The van der Waals surface area contributed by atoms with Crippen molar-refractivity contribution in [2.24, 2.45) is 0 Å². The molecule has 0 aliphatic carbocycles. The Morgan fingerprint density at radius 3 is 2.64 bits per heavy atom. The van der Waals surface area contributed by atoms with Crippen molar-refractivity contribution in [3.8, 4) is 11.5 Å². The number of anilines is 1. The van der Waals surface area contributed by atoms with Gasteiger partial charge in [0.05, 0.1) is 5.69 Å². The number of nitrogens with one attached hydrogen (secondary N) is 1. The van der Waals surface area contributed by atoms with Gasteiger partial charge in [-0.3, -0.25) is 4.79 Å². The number of carbonyl (C=O) groups is 2. The van der Waals surface area contributed by atoms with Crippen LogP contribution in [0.2, 0.25) is 0 Å². The Labute approximate surface area is 140 Å². The van der Waals surface area contributed by atoms with E-state index in [0.717, 1.165) is 16.9 Å². The van der Waals surface area contributed by atoms with E-state index in [1.165, 1.54) is 0 Å². The van der Waals surface area contributed by atoms with Crippen LogP contribution in [0.15, 0.2) is 29.6 Å². The van der Waals surface area contributed by atoms with Gasteiger partial charge in [-0.1, -0.05) is 29.3 Å². The summed E-state index contributed by atoms with van der Waals surface area (Å²) >= 11 is 12.1. The van der Waals surface area contributed by atoms with Crippen molar-refractivity contribution in [3.63, 3.8) is 0 Å². The highest BCUT2D eigenvalue weighted by atomic mass is 35.5. The van der Waals surface area contributed by atoms with E-state index >= 15 is 0 Å². The minimum absolute atomic E-state index is 0.0745. The maximum absolute atomic E-state index is 11.6. The van der Waals surface area contributed by atoms with Crippen molar-refractivity contribution < 1.29 is 19.4 Å². The third-order valence-electron chi connectivity index (χ3n) is 2.63. The monoisotopic (exact) mass is 359 g/mol. The van der Waals surface area contributed by atoms with Crippen LogP contribution >= 0.6 is 34.5 Å². The topological polar surface area (TPSA) is 75.6 Å². The number of carboxylic acid groups (broad SMARTS) is 1. The summed E-state index contributed by atoms with van der Waals surface area (Å²) in [4.78, 5) is 21.6. The fraction of sp³-hybridized carbons (Fsp3) is 0.143. The molecule has 1 aromatic carbocycles. The first kappa shape index (κ1) is 16.6. The fourth-order valence-electron chi connectivity index (χ4n) is 1.67. The molecule has 0 aliphatic heterocycles. The van der Waals surface area contributed by atoms with Gasteiger partial charge in [0, 0.05) is 0 Å². The van der Waals surface area contributed by atoms with E-state index in [-0.39, 0.29) is 10.6 Å². The lowest BCUT2D eigenvalue weighted by Gasteiger charge is -2.13. The van der Waals surface area contributed by atoms with E-state index in [2.05, 4.69) is 5.32 Å². The molecule has 0 spiro atoms. The summed E-state index contributed by atoms with van der Waals surface area (Å²) < 4.78 is 5.61. The molecule has 0 bridgehead atoms.